The van der Waals surface area contributed by atoms with Gasteiger partial charge in [-0.05, 0) is 41.5 Å². The van der Waals surface area contributed by atoms with E-state index in [1.54, 1.807) is 6.33 Å². The molecule has 34 heavy (non-hydrogen) atoms. The van der Waals surface area contributed by atoms with E-state index in [1.165, 1.54) is 14.7 Å². The Morgan fingerprint density at radius 1 is 1.03 bits per heavy atom. The zero-order chi connectivity index (χ0) is 23.9. The number of imidazole rings is 1. The maximum Gasteiger partial charge on any atom is 0.337 e. The molecule has 0 amide bonds. The Hall–Kier alpha value is -3.45. The van der Waals surface area contributed by atoms with Crippen molar-refractivity contribution in [1.82, 2.24) is 18.7 Å². The zero-order valence-corrected chi connectivity index (χ0v) is 19.9. The molecule has 2 aromatic heterocycles. The van der Waals surface area contributed by atoms with Gasteiger partial charge >= 0.3 is 5.69 Å². The fourth-order valence-electron chi connectivity index (χ4n) is 4.57. The molecule has 2 aromatic carbocycles. The third-order valence-electron chi connectivity index (χ3n) is 6.50. The molecule has 0 spiro atoms. The molecule has 0 saturated carbocycles. The van der Waals surface area contributed by atoms with Gasteiger partial charge in [0, 0.05) is 13.2 Å². The van der Waals surface area contributed by atoms with Gasteiger partial charge in [0.15, 0.2) is 11.2 Å². The SMILES string of the molecule is CC(C)(C)c1ccc(Cn2cnc3c2c(=O)n(C[C@H]2CCCO2)c(=O)n3-c2ccccc2)cc1. The van der Waals surface area contributed by atoms with Gasteiger partial charge < -0.3 is 9.30 Å². The van der Waals surface area contributed by atoms with Gasteiger partial charge in [0.25, 0.3) is 5.56 Å². The first-order chi connectivity index (χ1) is 16.3. The summed E-state index contributed by atoms with van der Waals surface area (Å²) in [5.41, 5.74) is 3.14. The van der Waals surface area contributed by atoms with Crippen LogP contribution >= 0.6 is 0 Å². The molecule has 1 atom stereocenters. The zero-order valence-electron chi connectivity index (χ0n) is 19.9. The minimum absolute atomic E-state index is 0.0715. The molecule has 0 unspecified atom stereocenters. The molecule has 0 N–H and O–H groups in total. The quantitative estimate of drug-likeness (QED) is 0.455. The number of benzene rings is 2. The lowest BCUT2D eigenvalue weighted by Crippen LogP contribution is -2.42. The van der Waals surface area contributed by atoms with Crippen LogP contribution in [0.3, 0.4) is 0 Å². The van der Waals surface area contributed by atoms with Gasteiger partial charge in [-0.3, -0.25) is 9.36 Å². The van der Waals surface area contributed by atoms with Gasteiger partial charge in [0.2, 0.25) is 0 Å². The molecule has 1 fully saturated rings. The second kappa shape index (κ2) is 8.72. The third-order valence-corrected chi connectivity index (χ3v) is 6.50. The van der Waals surface area contributed by atoms with Gasteiger partial charge in [-0.1, -0.05) is 63.2 Å². The maximum absolute atomic E-state index is 13.6. The third kappa shape index (κ3) is 4.12. The number of hydrogen-bond acceptors (Lipinski definition) is 4. The second-order valence-corrected chi connectivity index (χ2v) is 10.00. The lowest BCUT2D eigenvalue weighted by Gasteiger charge is -2.19. The van der Waals surface area contributed by atoms with E-state index in [2.05, 4.69) is 50.0 Å². The van der Waals surface area contributed by atoms with Crippen molar-refractivity contribution in [2.45, 2.75) is 58.2 Å². The number of fused-ring (bicyclic) bond motifs is 1. The van der Waals surface area contributed by atoms with Gasteiger partial charge in [-0.25, -0.2) is 14.3 Å². The highest BCUT2D eigenvalue weighted by molar-refractivity contribution is 5.72. The van der Waals surface area contributed by atoms with Gasteiger partial charge in [-0.2, -0.15) is 0 Å². The minimum Gasteiger partial charge on any atom is -0.376 e. The van der Waals surface area contributed by atoms with Crippen LogP contribution in [-0.4, -0.2) is 31.4 Å². The van der Waals surface area contributed by atoms with Crippen LogP contribution in [0.1, 0.15) is 44.7 Å². The summed E-state index contributed by atoms with van der Waals surface area (Å²) in [6.07, 6.45) is 3.30. The molecule has 7 nitrogen and oxygen atoms in total. The van der Waals surface area contributed by atoms with Crippen molar-refractivity contribution in [2.75, 3.05) is 6.61 Å². The van der Waals surface area contributed by atoms with Crippen LogP contribution in [0, 0.1) is 0 Å². The summed E-state index contributed by atoms with van der Waals surface area (Å²) in [5, 5.41) is 0. The van der Waals surface area contributed by atoms with Crippen molar-refractivity contribution in [3.8, 4) is 5.69 Å². The molecule has 1 saturated heterocycles. The summed E-state index contributed by atoms with van der Waals surface area (Å²) in [4.78, 5) is 31.6. The predicted octanol–water partition coefficient (Wildman–Crippen LogP) is 3.87. The summed E-state index contributed by atoms with van der Waals surface area (Å²) in [6, 6.07) is 17.8. The van der Waals surface area contributed by atoms with E-state index in [9.17, 15) is 9.59 Å². The van der Waals surface area contributed by atoms with Crippen molar-refractivity contribution in [3.63, 3.8) is 0 Å². The maximum atomic E-state index is 13.6. The number of aromatic nitrogens is 4. The first-order valence-electron chi connectivity index (χ1n) is 11.8. The highest BCUT2D eigenvalue weighted by atomic mass is 16.5. The van der Waals surface area contributed by atoms with Gasteiger partial charge in [0.1, 0.15) is 0 Å². The second-order valence-electron chi connectivity index (χ2n) is 10.00. The Bertz CT molecular complexity index is 1420. The fourth-order valence-corrected chi connectivity index (χ4v) is 4.57. The van der Waals surface area contributed by atoms with E-state index < -0.39 is 0 Å². The van der Waals surface area contributed by atoms with E-state index in [1.807, 2.05) is 34.9 Å². The molecule has 0 aliphatic carbocycles. The molecule has 7 heteroatoms. The lowest BCUT2D eigenvalue weighted by atomic mass is 9.87. The molecule has 0 bridgehead atoms. The summed E-state index contributed by atoms with van der Waals surface area (Å²) < 4.78 is 10.4. The van der Waals surface area contributed by atoms with Crippen LogP contribution in [0.25, 0.3) is 16.9 Å². The summed E-state index contributed by atoms with van der Waals surface area (Å²) in [7, 11) is 0. The predicted molar refractivity (Wildman–Crippen MR) is 133 cm³/mol. The van der Waals surface area contributed by atoms with Crippen LogP contribution in [0.15, 0.2) is 70.5 Å². The molecule has 1 aliphatic heterocycles. The van der Waals surface area contributed by atoms with E-state index in [0.717, 1.165) is 18.4 Å². The number of nitrogens with zero attached hydrogens (tertiary/aromatic N) is 4. The summed E-state index contributed by atoms with van der Waals surface area (Å²) >= 11 is 0. The van der Waals surface area contributed by atoms with Crippen LogP contribution < -0.4 is 11.2 Å². The van der Waals surface area contributed by atoms with Crippen molar-refractivity contribution in [2.24, 2.45) is 0 Å². The molecule has 4 aromatic rings. The Labute approximate surface area is 198 Å². The monoisotopic (exact) mass is 458 g/mol. The molecule has 3 heterocycles. The lowest BCUT2D eigenvalue weighted by molar-refractivity contribution is 0.0950. The first kappa shape index (κ1) is 22.3. The summed E-state index contributed by atoms with van der Waals surface area (Å²) in [6.45, 7) is 7.95. The summed E-state index contributed by atoms with van der Waals surface area (Å²) in [5.74, 6) is 0. The van der Waals surface area contributed by atoms with E-state index in [-0.39, 0.29) is 29.3 Å². The average molecular weight is 459 g/mol. The standard InChI is InChI=1S/C27H30N4O3/c1-27(2,3)20-13-11-19(12-14-20)16-29-18-28-24-23(29)25(32)30(17-22-10-7-15-34-22)26(33)31(24)21-8-5-4-6-9-21/h4-6,8-9,11-14,18,22H,7,10,15-17H2,1-3H3/t22-/m1/s1. The fraction of sp³-hybridized carbons (Fsp3) is 0.370. The van der Waals surface area contributed by atoms with Gasteiger partial charge in [-0.15, -0.1) is 0 Å². The van der Waals surface area contributed by atoms with Gasteiger partial charge in [0.05, 0.1) is 24.7 Å². The van der Waals surface area contributed by atoms with Crippen molar-refractivity contribution < 1.29 is 4.74 Å². The Kier molecular flexibility index (Phi) is 5.73. The largest absolute Gasteiger partial charge is 0.376 e. The molecular weight excluding hydrogens is 428 g/mol. The van der Waals surface area contributed by atoms with Crippen LogP contribution in [-0.2, 0) is 23.2 Å². The Balaban J connectivity index is 1.64. The van der Waals surface area contributed by atoms with Crippen LogP contribution in [0.5, 0.6) is 0 Å². The van der Waals surface area contributed by atoms with Crippen LogP contribution in [0.4, 0.5) is 0 Å². The Morgan fingerprint density at radius 2 is 1.76 bits per heavy atom. The number of hydrogen-bond donors (Lipinski definition) is 0. The van der Waals surface area contributed by atoms with Crippen molar-refractivity contribution in [3.05, 3.63) is 92.9 Å². The molecule has 176 valence electrons. The Morgan fingerprint density at radius 3 is 2.41 bits per heavy atom. The van der Waals surface area contributed by atoms with Crippen LogP contribution in [0.2, 0.25) is 0 Å². The highest BCUT2D eigenvalue weighted by Crippen LogP contribution is 2.23. The molecule has 0 radical (unpaired) electrons. The highest BCUT2D eigenvalue weighted by Gasteiger charge is 2.23. The first-order valence-corrected chi connectivity index (χ1v) is 11.8. The molecular formula is C27H30N4O3. The number of para-hydroxylation sites is 1. The van der Waals surface area contributed by atoms with E-state index >= 15 is 0 Å². The average Bonchev–Trinajstić information content (AvgIpc) is 3.48. The van der Waals surface area contributed by atoms with E-state index in [4.69, 9.17) is 4.74 Å². The molecule has 1 aliphatic rings. The van der Waals surface area contributed by atoms with E-state index in [0.29, 0.717) is 30.0 Å². The number of ether oxygens (including phenoxy) is 1. The number of rotatable bonds is 5. The normalized spacial score (nSPS) is 16.4. The molecule has 5 rings (SSSR count). The van der Waals surface area contributed by atoms with Crippen molar-refractivity contribution >= 4 is 11.2 Å². The topological polar surface area (TPSA) is 71.1 Å². The smallest absolute Gasteiger partial charge is 0.337 e. The minimum atomic E-state index is -0.390. The van der Waals surface area contributed by atoms with Crippen molar-refractivity contribution in [1.29, 1.82) is 0 Å².